The van der Waals surface area contributed by atoms with Gasteiger partial charge in [-0.15, -0.1) is 0 Å². The first-order valence-electron chi connectivity index (χ1n) is 8.49. The van der Waals surface area contributed by atoms with E-state index in [9.17, 15) is 4.79 Å². The van der Waals surface area contributed by atoms with Crippen LogP contribution in [0.4, 0.5) is 0 Å². The van der Waals surface area contributed by atoms with Crippen LogP contribution in [0.5, 0.6) is 0 Å². The average Bonchev–Trinajstić information content (AvgIpc) is 2.99. The summed E-state index contributed by atoms with van der Waals surface area (Å²) in [6, 6.07) is 4.26. The predicted octanol–water partition coefficient (Wildman–Crippen LogP) is 0.192. The molecular formula is C17H25N7O. The standard InChI is InChI=1S/C17H25N7O/c1-15-13-22(7-3-17(25)23(8-4-18)9-5-19)11-12-24(15)14-16-20-6-10-21(16)2/h6,10,15H,3,7-9,11-14H2,1-2H3/t15-/m0/s1. The minimum atomic E-state index is -0.133. The van der Waals surface area contributed by atoms with Gasteiger partial charge in [-0.2, -0.15) is 10.5 Å². The molecule has 0 bridgehead atoms. The molecular weight excluding hydrogens is 318 g/mol. The second-order valence-electron chi connectivity index (χ2n) is 6.39. The minimum absolute atomic E-state index is 0.0275. The predicted molar refractivity (Wildman–Crippen MR) is 91.9 cm³/mol. The Balaban J connectivity index is 1.79. The molecule has 1 saturated heterocycles. The van der Waals surface area contributed by atoms with Crippen LogP contribution < -0.4 is 0 Å². The van der Waals surface area contributed by atoms with Gasteiger partial charge < -0.3 is 14.4 Å². The maximum absolute atomic E-state index is 12.1. The highest BCUT2D eigenvalue weighted by Gasteiger charge is 2.25. The smallest absolute Gasteiger partial charge is 0.225 e. The molecule has 0 N–H and O–H groups in total. The van der Waals surface area contributed by atoms with Crippen molar-refractivity contribution >= 4 is 5.91 Å². The Morgan fingerprint density at radius 3 is 2.64 bits per heavy atom. The molecule has 1 atom stereocenters. The monoisotopic (exact) mass is 343 g/mol. The number of aryl methyl sites for hydroxylation is 1. The molecule has 8 heteroatoms. The Morgan fingerprint density at radius 1 is 1.36 bits per heavy atom. The summed E-state index contributed by atoms with van der Waals surface area (Å²) in [7, 11) is 2.00. The Kier molecular flexibility index (Phi) is 6.93. The van der Waals surface area contributed by atoms with Gasteiger partial charge in [-0.3, -0.25) is 9.69 Å². The molecule has 1 fully saturated rings. The molecule has 1 aromatic rings. The van der Waals surface area contributed by atoms with Crippen LogP contribution in [0.3, 0.4) is 0 Å². The lowest BCUT2D eigenvalue weighted by Crippen LogP contribution is -2.52. The molecule has 25 heavy (non-hydrogen) atoms. The zero-order valence-electron chi connectivity index (χ0n) is 14.9. The Hall–Kier alpha value is -2.42. The van der Waals surface area contributed by atoms with Crippen molar-refractivity contribution in [1.82, 2.24) is 24.3 Å². The topological polar surface area (TPSA) is 92.2 Å². The van der Waals surface area contributed by atoms with Gasteiger partial charge in [0.15, 0.2) is 0 Å². The van der Waals surface area contributed by atoms with Crippen LogP contribution in [0.25, 0.3) is 0 Å². The van der Waals surface area contributed by atoms with Crippen molar-refractivity contribution in [2.24, 2.45) is 7.05 Å². The van der Waals surface area contributed by atoms with Gasteiger partial charge >= 0.3 is 0 Å². The summed E-state index contributed by atoms with van der Waals surface area (Å²) < 4.78 is 2.04. The third-order valence-electron chi connectivity index (χ3n) is 4.63. The van der Waals surface area contributed by atoms with E-state index in [1.807, 2.05) is 36.1 Å². The fourth-order valence-electron chi connectivity index (χ4n) is 3.05. The van der Waals surface area contributed by atoms with Crippen LogP contribution in [0.2, 0.25) is 0 Å². The number of nitrogens with zero attached hydrogens (tertiary/aromatic N) is 7. The summed E-state index contributed by atoms with van der Waals surface area (Å²) in [5.41, 5.74) is 0. The quantitative estimate of drug-likeness (QED) is 0.656. The van der Waals surface area contributed by atoms with E-state index in [2.05, 4.69) is 21.7 Å². The molecule has 0 aliphatic carbocycles. The molecule has 1 amide bonds. The van der Waals surface area contributed by atoms with Crippen molar-refractivity contribution in [1.29, 1.82) is 10.5 Å². The van der Waals surface area contributed by atoms with Gasteiger partial charge in [-0.1, -0.05) is 0 Å². The summed E-state index contributed by atoms with van der Waals surface area (Å²) >= 11 is 0. The van der Waals surface area contributed by atoms with Crippen LogP contribution in [0, 0.1) is 22.7 Å². The SMILES string of the molecule is C[C@H]1CN(CCC(=O)N(CC#N)CC#N)CCN1Cc1nccn1C. The van der Waals surface area contributed by atoms with Crippen LogP contribution >= 0.6 is 0 Å². The van der Waals surface area contributed by atoms with E-state index in [-0.39, 0.29) is 19.0 Å². The lowest BCUT2D eigenvalue weighted by atomic mass is 10.1. The van der Waals surface area contributed by atoms with Crippen molar-refractivity contribution < 1.29 is 4.79 Å². The van der Waals surface area contributed by atoms with Crippen molar-refractivity contribution in [3.8, 4) is 12.1 Å². The molecule has 1 aliphatic heterocycles. The van der Waals surface area contributed by atoms with Crippen molar-refractivity contribution in [3.05, 3.63) is 18.2 Å². The second-order valence-corrected chi connectivity index (χ2v) is 6.39. The summed E-state index contributed by atoms with van der Waals surface area (Å²) in [5, 5.41) is 17.5. The molecule has 1 aromatic heterocycles. The number of aromatic nitrogens is 2. The fraction of sp³-hybridized carbons (Fsp3) is 0.647. The highest BCUT2D eigenvalue weighted by atomic mass is 16.2. The minimum Gasteiger partial charge on any atom is -0.337 e. The Bertz CT molecular complexity index is 641. The maximum Gasteiger partial charge on any atom is 0.225 e. The molecule has 0 unspecified atom stereocenters. The lowest BCUT2D eigenvalue weighted by Gasteiger charge is -2.39. The number of piperazine rings is 1. The molecule has 0 aromatic carbocycles. The average molecular weight is 343 g/mol. The van der Waals surface area contributed by atoms with Crippen molar-refractivity contribution in [2.75, 3.05) is 39.3 Å². The fourth-order valence-corrected chi connectivity index (χ4v) is 3.05. The zero-order valence-corrected chi connectivity index (χ0v) is 14.9. The van der Waals surface area contributed by atoms with E-state index in [1.165, 1.54) is 4.90 Å². The molecule has 0 spiro atoms. The number of imidazole rings is 1. The first-order chi connectivity index (χ1) is 12.0. The van der Waals surface area contributed by atoms with Crippen LogP contribution in [-0.4, -0.2) is 75.5 Å². The Labute approximate surface area is 148 Å². The molecule has 2 rings (SSSR count). The van der Waals surface area contributed by atoms with Crippen molar-refractivity contribution in [2.45, 2.75) is 25.9 Å². The molecule has 134 valence electrons. The number of hydrogen-bond acceptors (Lipinski definition) is 6. The summed E-state index contributed by atoms with van der Waals surface area (Å²) in [6.45, 7) is 6.35. The molecule has 2 heterocycles. The zero-order chi connectivity index (χ0) is 18.2. The second kappa shape index (κ2) is 9.16. The lowest BCUT2D eigenvalue weighted by molar-refractivity contribution is -0.130. The number of carbonyl (C=O) groups excluding carboxylic acids is 1. The van der Waals surface area contributed by atoms with Crippen LogP contribution in [0.15, 0.2) is 12.4 Å². The van der Waals surface area contributed by atoms with Gasteiger partial charge in [0.25, 0.3) is 0 Å². The molecule has 0 saturated carbocycles. The van der Waals surface area contributed by atoms with Crippen LogP contribution in [0.1, 0.15) is 19.2 Å². The van der Waals surface area contributed by atoms with Gasteiger partial charge in [-0.05, 0) is 6.92 Å². The van der Waals surface area contributed by atoms with E-state index >= 15 is 0 Å². The van der Waals surface area contributed by atoms with E-state index < -0.39 is 0 Å². The van der Waals surface area contributed by atoms with E-state index in [4.69, 9.17) is 10.5 Å². The van der Waals surface area contributed by atoms with Crippen molar-refractivity contribution in [3.63, 3.8) is 0 Å². The number of nitriles is 2. The van der Waals surface area contributed by atoms with E-state index in [0.717, 1.165) is 32.0 Å². The summed E-state index contributed by atoms with van der Waals surface area (Å²) in [4.78, 5) is 22.5. The molecule has 0 radical (unpaired) electrons. The van der Waals surface area contributed by atoms with Gasteiger partial charge in [0.2, 0.25) is 5.91 Å². The summed E-state index contributed by atoms with van der Waals surface area (Å²) in [5.74, 6) is 0.922. The van der Waals surface area contributed by atoms with Gasteiger partial charge in [0.05, 0.1) is 18.7 Å². The van der Waals surface area contributed by atoms with E-state index in [0.29, 0.717) is 19.0 Å². The van der Waals surface area contributed by atoms with E-state index in [1.54, 1.807) is 0 Å². The normalized spacial score (nSPS) is 18.5. The van der Waals surface area contributed by atoms with Crippen LogP contribution in [-0.2, 0) is 18.4 Å². The Morgan fingerprint density at radius 2 is 2.08 bits per heavy atom. The number of hydrogen-bond donors (Lipinski definition) is 0. The summed E-state index contributed by atoms with van der Waals surface area (Å²) in [6.07, 6.45) is 4.11. The third-order valence-corrected chi connectivity index (χ3v) is 4.63. The largest absolute Gasteiger partial charge is 0.337 e. The maximum atomic E-state index is 12.1. The van der Waals surface area contributed by atoms with Gasteiger partial charge in [0, 0.05) is 58.1 Å². The number of rotatable bonds is 7. The molecule has 8 nitrogen and oxygen atoms in total. The van der Waals surface area contributed by atoms with Gasteiger partial charge in [-0.25, -0.2) is 4.98 Å². The highest BCUT2D eigenvalue weighted by molar-refractivity contribution is 5.76. The first kappa shape index (κ1) is 18.9. The number of carbonyl (C=O) groups is 1. The third kappa shape index (κ3) is 5.28. The van der Waals surface area contributed by atoms with Gasteiger partial charge in [0.1, 0.15) is 18.9 Å². The first-order valence-corrected chi connectivity index (χ1v) is 8.49. The highest BCUT2D eigenvalue weighted by Crippen LogP contribution is 2.13. The molecule has 1 aliphatic rings. The number of amides is 1.